The van der Waals surface area contributed by atoms with Gasteiger partial charge in [-0.2, -0.15) is 0 Å². The molecule has 1 saturated carbocycles. The quantitative estimate of drug-likeness (QED) is 0.830. The number of halogens is 1. The Balaban J connectivity index is 2.24. The van der Waals surface area contributed by atoms with Gasteiger partial charge in [0.25, 0.3) is 0 Å². The second-order valence-corrected chi connectivity index (χ2v) is 4.88. The maximum absolute atomic E-state index is 9.89. The van der Waals surface area contributed by atoms with Gasteiger partial charge >= 0.3 is 0 Å². The molecule has 1 aliphatic rings. The molecule has 1 aromatic rings. The van der Waals surface area contributed by atoms with Crippen LogP contribution in [0.1, 0.15) is 36.4 Å². The molecule has 0 radical (unpaired) electrons. The van der Waals surface area contributed by atoms with E-state index in [-0.39, 0.29) is 6.04 Å². The summed E-state index contributed by atoms with van der Waals surface area (Å²) in [6, 6.07) is 3.44. The first kappa shape index (κ1) is 10.8. The lowest BCUT2D eigenvalue weighted by Crippen LogP contribution is -2.11. The van der Waals surface area contributed by atoms with Crippen LogP contribution in [-0.2, 0) is 0 Å². The van der Waals surface area contributed by atoms with Crippen molar-refractivity contribution in [3.63, 3.8) is 0 Å². The molecule has 0 amide bonds. The van der Waals surface area contributed by atoms with Gasteiger partial charge < -0.3 is 10.8 Å². The van der Waals surface area contributed by atoms with Crippen molar-refractivity contribution in [3.8, 4) is 5.75 Å². The van der Waals surface area contributed by atoms with Crippen molar-refractivity contribution in [2.75, 3.05) is 0 Å². The predicted octanol–water partition coefficient (Wildman–Crippen LogP) is 3.15. The normalized spacial score (nSPS) is 17.8. The predicted molar refractivity (Wildman–Crippen MR) is 62.1 cm³/mol. The molecule has 2 rings (SSSR count). The van der Waals surface area contributed by atoms with Gasteiger partial charge in [-0.1, -0.05) is 24.4 Å². The van der Waals surface area contributed by atoms with E-state index in [2.05, 4.69) is 0 Å². The summed E-state index contributed by atoms with van der Waals surface area (Å²) >= 11 is 5.95. The van der Waals surface area contributed by atoms with Gasteiger partial charge in [-0.25, -0.2) is 0 Å². The van der Waals surface area contributed by atoms with Crippen LogP contribution < -0.4 is 5.73 Å². The molecule has 1 atom stereocenters. The van der Waals surface area contributed by atoms with Crippen LogP contribution in [0.3, 0.4) is 0 Å². The fraction of sp³-hybridized carbons (Fsp3) is 0.500. The topological polar surface area (TPSA) is 46.2 Å². The molecule has 3 heteroatoms. The molecule has 1 aliphatic carbocycles. The molecule has 1 fully saturated rings. The number of phenolic OH excluding ortho intramolecular Hbond substituents is 1. The number of phenols is 1. The van der Waals surface area contributed by atoms with E-state index in [1.54, 1.807) is 12.1 Å². The average Bonchev–Trinajstić information content (AvgIpc) is 2.94. The molecule has 0 spiro atoms. The highest BCUT2D eigenvalue weighted by Crippen LogP contribution is 2.39. The molecule has 0 bridgehead atoms. The number of benzene rings is 1. The lowest BCUT2D eigenvalue weighted by atomic mass is 9.99. The summed E-state index contributed by atoms with van der Waals surface area (Å²) in [6.07, 6.45) is 3.50. The molecule has 82 valence electrons. The molecule has 0 saturated heterocycles. The zero-order valence-corrected chi connectivity index (χ0v) is 9.59. The highest BCUT2D eigenvalue weighted by atomic mass is 35.5. The van der Waals surface area contributed by atoms with Crippen molar-refractivity contribution >= 4 is 11.6 Å². The number of aromatic hydroxyl groups is 1. The van der Waals surface area contributed by atoms with Crippen molar-refractivity contribution in [1.29, 1.82) is 0 Å². The summed E-state index contributed by atoms with van der Waals surface area (Å²) in [7, 11) is 0. The van der Waals surface area contributed by atoms with Gasteiger partial charge in [0.05, 0.1) is 0 Å². The first-order chi connectivity index (χ1) is 7.08. The smallest absolute Gasteiger partial charge is 0.123 e. The largest absolute Gasteiger partial charge is 0.507 e. The molecule has 0 aromatic heterocycles. The number of hydrogen-bond donors (Lipinski definition) is 2. The van der Waals surface area contributed by atoms with Crippen molar-refractivity contribution in [1.82, 2.24) is 0 Å². The minimum Gasteiger partial charge on any atom is -0.507 e. The zero-order chi connectivity index (χ0) is 11.0. The Bertz CT molecular complexity index is 374. The molecule has 1 aromatic carbocycles. The fourth-order valence-corrected chi connectivity index (χ4v) is 2.16. The maximum atomic E-state index is 9.89. The number of rotatable bonds is 3. The lowest BCUT2D eigenvalue weighted by molar-refractivity contribution is 0.451. The van der Waals surface area contributed by atoms with E-state index >= 15 is 0 Å². The molecule has 0 aliphatic heterocycles. The summed E-state index contributed by atoms with van der Waals surface area (Å²) in [5, 5.41) is 10.5. The molecule has 2 nitrogen and oxygen atoms in total. The Hall–Kier alpha value is -0.730. The maximum Gasteiger partial charge on any atom is 0.123 e. The second kappa shape index (κ2) is 4.03. The average molecular weight is 226 g/mol. The molecule has 15 heavy (non-hydrogen) atoms. The number of aryl methyl sites for hydroxylation is 1. The molecule has 3 N–H and O–H groups in total. The Kier molecular flexibility index (Phi) is 2.89. The van der Waals surface area contributed by atoms with Gasteiger partial charge in [0.2, 0.25) is 0 Å². The summed E-state index contributed by atoms with van der Waals surface area (Å²) in [4.78, 5) is 0. The standard InChI is InChI=1S/C12H16ClNO/c1-7-4-9(13)6-10(12(7)15)11(14)5-8-2-3-8/h4,6,8,11,15H,2-3,5,14H2,1H3/t11-/m0/s1. The first-order valence-electron chi connectivity index (χ1n) is 5.32. The SMILES string of the molecule is Cc1cc(Cl)cc([C@@H](N)CC2CC2)c1O. The van der Waals surface area contributed by atoms with Crippen molar-refractivity contribution in [2.24, 2.45) is 11.7 Å². The third-order valence-corrected chi connectivity index (χ3v) is 3.20. The minimum atomic E-state index is -0.0881. The summed E-state index contributed by atoms with van der Waals surface area (Å²) in [5.74, 6) is 1.05. The second-order valence-electron chi connectivity index (χ2n) is 4.45. The van der Waals surface area contributed by atoms with Crippen LogP contribution in [0, 0.1) is 12.8 Å². The van der Waals surface area contributed by atoms with Crippen LogP contribution in [0.15, 0.2) is 12.1 Å². The van der Waals surface area contributed by atoms with Gasteiger partial charge in [0.15, 0.2) is 0 Å². The van der Waals surface area contributed by atoms with Gasteiger partial charge in [0, 0.05) is 16.6 Å². The van der Waals surface area contributed by atoms with Crippen LogP contribution in [-0.4, -0.2) is 5.11 Å². The Morgan fingerprint density at radius 2 is 2.20 bits per heavy atom. The van der Waals surface area contributed by atoms with Crippen LogP contribution >= 0.6 is 11.6 Å². The number of hydrogen-bond acceptors (Lipinski definition) is 2. The Morgan fingerprint density at radius 1 is 1.53 bits per heavy atom. The highest BCUT2D eigenvalue weighted by Gasteiger charge is 2.26. The third-order valence-electron chi connectivity index (χ3n) is 2.98. The minimum absolute atomic E-state index is 0.0881. The van der Waals surface area contributed by atoms with Crippen LogP contribution in [0.5, 0.6) is 5.75 Å². The van der Waals surface area contributed by atoms with Crippen molar-refractivity contribution in [3.05, 3.63) is 28.3 Å². The van der Waals surface area contributed by atoms with E-state index in [0.29, 0.717) is 10.8 Å². The Labute approximate surface area is 95.1 Å². The van der Waals surface area contributed by atoms with Crippen LogP contribution in [0.25, 0.3) is 0 Å². The van der Waals surface area contributed by atoms with E-state index in [1.807, 2.05) is 6.92 Å². The molecular formula is C12H16ClNO. The molecular weight excluding hydrogens is 210 g/mol. The number of nitrogens with two attached hydrogens (primary N) is 1. The van der Waals surface area contributed by atoms with Gasteiger partial charge in [-0.3, -0.25) is 0 Å². The van der Waals surface area contributed by atoms with E-state index in [9.17, 15) is 5.11 Å². The van der Waals surface area contributed by atoms with E-state index in [1.165, 1.54) is 12.8 Å². The van der Waals surface area contributed by atoms with E-state index in [0.717, 1.165) is 23.5 Å². The van der Waals surface area contributed by atoms with Crippen molar-refractivity contribution in [2.45, 2.75) is 32.2 Å². The lowest BCUT2D eigenvalue weighted by Gasteiger charge is -2.15. The zero-order valence-electron chi connectivity index (χ0n) is 8.83. The summed E-state index contributed by atoms with van der Waals surface area (Å²) < 4.78 is 0. The van der Waals surface area contributed by atoms with Crippen LogP contribution in [0.2, 0.25) is 5.02 Å². The van der Waals surface area contributed by atoms with Crippen molar-refractivity contribution < 1.29 is 5.11 Å². The Morgan fingerprint density at radius 3 is 2.80 bits per heavy atom. The molecule has 0 heterocycles. The fourth-order valence-electron chi connectivity index (χ4n) is 1.88. The summed E-state index contributed by atoms with van der Waals surface area (Å²) in [5.41, 5.74) is 7.64. The van der Waals surface area contributed by atoms with Gasteiger partial charge in [-0.15, -0.1) is 0 Å². The van der Waals surface area contributed by atoms with Crippen LogP contribution in [0.4, 0.5) is 0 Å². The van der Waals surface area contributed by atoms with E-state index in [4.69, 9.17) is 17.3 Å². The van der Waals surface area contributed by atoms with Gasteiger partial charge in [-0.05, 0) is 37.0 Å². The molecule has 0 unspecified atom stereocenters. The van der Waals surface area contributed by atoms with E-state index < -0.39 is 0 Å². The third kappa shape index (κ3) is 2.44. The monoisotopic (exact) mass is 225 g/mol. The highest BCUT2D eigenvalue weighted by molar-refractivity contribution is 6.30. The first-order valence-corrected chi connectivity index (χ1v) is 5.70. The van der Waals surface area contributed by atoms with Gasteiger partial charge in [0.1, 0.15) is 5.75 Å². The summed E-state index contributed by atoms with van der Waals surface area (Å²) in [6.45, 7) is 1.84.